The summed E-state index contributed by atoms with van der Waals surface area (Å²) in [6.07, 6.45) is 4.54. The summed E-state index contributed by atoms with van der Waals surface area (Å²) >= 11 is 0. The molecule has 3 rings (SSSR count). The third kappa shape index (κ3) is 4.38. The lowest BCUT2D eigenvalue weighted by molar-refractivity contribution is -0.119. The minimum Gasteiger partial charge on any atom is -0.342 e. The van der Waals surface area contributed by atoms with Gasteiger partial charge in [0.1, 0.15) is 6.04 Å². The molecule has 1 heterocycles. The lowest BCUT2D eigenvalue weighted by Crippen LogP contribution is -2.27. The van der Waals surface area contributed by atoms with Gasteiger partial charge in [-0.1, -0.05) is 56.3 Å². The van der Waals surface area contributed by atoms with E-state index >= 15 is 0 Å². The van der Waals surface area contributed by atoms with E-state index in [9.17, 15) is 4.79 Å². The third-order valence-electron chi connectivity index (χ3n) is 4.41. The monoisotopic (exact) mass is 332 g/mol. The SMILES string of the molecule is CC(C)c1ccc(NC(=O)[C@H](Cc2ccccc2)n2cccc2)cc1. The number of rotatable bonds is 6. The largest absolute Gasteiger partial charge is 0.342 e. The third-order valence-corrected chi connectivity index (χ3v) is 4.41. The quantitative estimate of drug-likeness (QED) is 0.674. The van der Waals surface area contributed by atoms with Crippen LogP contribution in [0.5, 0.6) is 0 Å². The number of hydrogen-bond acceptors (Lipinski definition) is 1. The van der Waals surface area contributed by atoms with Crippen LogP contribution in [0, 0.1) is 0 Å². The highest BCUT2D eigenvalue weighted by atomic mass is 16.2. The molecular formula is C22H24N2O. The number of carbonyl (C=O) groups excluding carboxylic acids is 1. The molecule has 128 valence electrons. The Balaban J connectivity index is 1.77. The smallest absolute Gasteiger partial charge is 0.247 e. The summed E-state index contributed by atoms with van der Waals surface area (Å²) < 4.78 is 1.96. The number of hydrogen-bond donors (Lipinski definition) is 1. The molecule has 0 radical (unpaired) electrons. The fraction of sp³-hybridized carbons (Fsp3) is 0.227. The molecule has 3 nitrogen and oxygen atoms in total. The number of amides is 1. The normalized spacial score (nSPS) is 12.1. The van der Waals surface area contributed by atoms with Gasteiger partial charge in [-0.2, -0.15) is 0 Å². The zero-order valence-electron chi connectivity index (χ0n) is 14.7. The minimum absolute atomic E-state index is 0.00245. The number of benzene rings is 2. The Bertz CT molecular complexity index is 790. The molecule has 0 spiro atoms. The Hall–Kier alpha value is -2.81. The van der Waals surface area contributed by atoms with Crippen LogP contribution < -0.4 is 5.32 Å². The van der Waals surface area contributed by atoms with E-state index in [2.05, 4.69) is 43.4 Å². The van der Waals surface area contributed by atoms with Crippen molar-refractivity contribution < 1.29 is 4.79 Å². The highest BCUT2D eigenvalue weighted by Crippen LogP contribution is 2.20. The minimum atomic E-state index is -0.276. The first-order valence-electron chi connectivity index (χ1n) is 8.70. The van der Waals surface area contributed by atoms with Crippen molar-refractivity contribution in [1.82, 2.24) is 4.57 Å². The van der Waals surface area contributed by atoms with E-state index < -0.39 is 0 Å². The van der Waals surface area contributed by atoms with Gasteiger partial charge < -0.3 is 9.88 Å². The van der Waals surface area contributed by atoms with E-state index in [1.165, 1.54) is 5.56 Å². The van der Waals surface area contributed by atoms with Crippen LogP contribution in [0.4, 0.5) is 5.69 Å². The standard InChI is InChI=1S/C22H24N2O/c1-17(2)19-10-12-20(13-11-19)23-22(25)21(24-14-6-7-15-24)16-18-8-4-3-5-9-18/h3-15,17,21H,16H2,1-2H3,(H,23,25)/t21-/m0/s1. The molecule has 0 fully saturated rings. The van der Waals surface area contributed by atoms with Gasteiger partial charge in [-0.05, 0) is 41.3 Å². The van der Waals surface area contributed by atoms with Gasteiger partial charge >= 0.3 is 0 Å². The maximum atomic E-state index is 12.9. The molecule has 1 N–H and O–H groups in total. The van der Waals surface area contributed by atoms with Crippen molar-refractivity contribution in [2.24, 2.45) is 0 Å². The van der Waals surface area contributed by atoms with Gasteiger partial charge in [-0.3, -0.25) is 4.79 Å². The van der Waals surface area contributed by atoms with Crippen LogP contribution in [0.1, 0.15) is 36.9 Å². The first kappa shape index (κ1) is 17.0. The Morgan fingerprint density at radius 2 is 1.56 bits per heavy atom. The number of aromatic nitrogens is 1. The van der Waals surface area contributed by atoms with Gasteiger partial charge in [0, 0.05) is 24.5 Å². The lowest BCUT2D eigenvalue weighted by Gasteiger charge is -2.19. The molecule has 0 unspecified atom stereocenters. The van der Waals surface area contributed by atoms with Gasteiger partial charge in [0.15, 0.2) is 0 Å². The number of nitrogens with one attached hydrogen (secondary N) is 1. The molecule has 2 aromatic carbocycles. The molecule has 0 aliphatic heterocycles. The summed E-state index contributed by atoms with van der Waals surface area (Å²) in [6.45, 7) is 4.32. The second-order valence-electron chi connectivity index (χ2n) is 6.60. The zero-order valence-corrected chi connectivity index (χ0v) is 14.7. The van der Waals surface area contributed by atoms with Gasteiger partial charge in [0.05, 0.1) is 0 Å². The first-order valence-corrected chi connectivity index (χ1v) is 8.70. The van der Waals surface area contributed by atoms with Crippen LogP contribution in [0.15, 0.2) is 79.1 Å². The molecule has 1 aromatic heterocycles. The molecule has 3 heteroatoms. The number of carbonyl (C=O) groups is 1. The number of nitrogens with zero attached hydrogens (tertiary/aromatic N) is 1. The molecule has 3 aromatic rings. The average molecular weight is 332 g/mol. The molecular weight excluding hydrogens is 308 g/mol. The van der Waals surface area contributed by atoms with Gasteiger partial charge in [0.2, 0.25) is 5.91 Å². The van der Waals surface area contributed by atoms with E-state index in [-0.39, 0.29) is 11.9 Å². The predicted octanol–water partition coefficient (Wildman–Crippen LogP) is 5.03. The summed E-state index contributed by atoms with van der Waals surface area (Å²) in [5.41, 5.74) is 3.25. The Kier molecular flexibility index (Phi) is 5.34. The van der Waals surface area contributed by atoms with Crippen LogP contribution in [-0.4, -0.2) is 10.5 Å². The molecule has 1 atom stereocenters. The van der Waals surface area contributed by atoms with Crippen LogP contribution in [0.2, 0.25) is 0 Å². The molecule has 0 saturated carbocycles. The Morgan fingerprint density at radius 1 is 0.920 bits per heavy atom. The molecule has 1 amide bonds. The maximum Gasteiger partial charge on any atom is 0.247 e. The van der Waals surface area contributed by atoms with Crippen molar-refractivity contribution in [3.63, 3.8) is 0 Å². The molecule has 0 aliphatic rings. The lowest BCUT2D eigenvalue weighted by atomic mass is 10.0. The first-order chi connectivity index (χ1) is 12.1. The number of anilines is 1. The van der Waals surface area contributed by atoms with E-state index in [1.807, 2.05) is 59.4 Å². The van der Waals surface area contributed by atoms with Crippen LogP contribution in [0.3, 0.4) is 0 Å². The summed E-state index contributed by atoms with van der Waals surface area (Å²) in [4.78, 5) is 12.9. The fourth-order valence-electron chi connectivity index (χ4n) is 2.90. The van der Waals surface area contributed by atoms with Crippen LogP contribution >= 0.6 is 0 Å². The second kappa shape index (κ2) is 7.84. The van der Waals surface area contributed by atoms with Crippen molar-refractivity contribution in [1.29, 1.82) is 0 Å². The van der Waals surface area contributed by atoms with Crippen molar-refractivity contribution in [3.8, 4) is 0 Å². The Labute approximate surface area is 149 Å². The highest BCUT2D eigenvalue weighted by molar-refractivity contribution is 5.94. The van der Waals surface area contributed by atoms with Crippen molar-refractivity contribution in [3.05, 3.63) is 90.3 Å². The summed E-state index contributed by atoms with van der Waals surface area (Å²) in [5.74, 6) is 0.479. The summed E-state index contributed by atoms with van der Waals surface area (Å²) in [5, 5.41) is 3.06. The van der Waals surface area contributed by atoms with E-state index in [0.29, 0.717) is 12.3 Å². The fourth-order valence-corrected chi connectivity index (χ4v) is 2.90. The van der Waals surface area contributed by atoms with Gasteiger partial charge in [-0.25, -0.2) is 0 Å². The Morgan fingerprint density at radius 3 is 2.16 bits per heavy atom. The molecule has 0 aliphatic carbocycles. The molecule has 0 saturated heterocycles. The molecule has 25 heavy (non-hydrogen) atoms. The van der Waals surface area contributed by atoms with Crippen LogP contribution in [0.25, 0.3) is 0 Å². The average Bonchev–Trinajstić information content (AvgIpc) is 3.15. The van der Waals surface area contributed by atoms with Crippen molar-refractivity contribution >= 4 is 11.6 Å². The van der Waals surface area contributed by atoms with Gasteiger partial charge in [0.25, 0.3) is 0 Å². The van der Waals surface area contributed by atoms with E-state index in [0.717, 1.165) is 11.3 Å². The highest BCUT2D eigenvalue weighted by Gasteiger charge is 2.20. The summed E-state index contributed by atoms with van der Waals surface area (Å²) in [7, 11) is 0. The topological polar surface area (TPSA) is 34.0 Å². The zero-order chi connectivity index (χ0) is 17.6. The van der Waals surface area contributed by atoms with E-state index in [4.69, 9.17) is 0 Å². The second-order valence-corrected chi connectivity index (χ2v) is 6.60. The predicted molar refractivity (Wildman–Crippen MR) is 103 cm³/mol. The van der Waals surface area contributed by atoms with Crippen LogP contribution in [-0.2, 0) is 11.2 Å². The van der Waals surface area contributed by atoms with Gasteiger partial charge in [-0.15, -0.1) is 0 Å². The maximum absolute atomic E-state index is 12.9. The van der Waals surface area contributed by atoms with Crippen molar-refractivity contribution in [2.75, 3.05) is 5.32 Å². The summed E-state index contributed by atoms with van der Waals surface area (Å²) in [6, 6.07) is 21.8. The van der Waals surface area contributed by atoms with Crippen molar-refractivity contribution in [2.45, 2.75) is 32.2 Å². The van der Waals surface area contributed by atoms with E-state index in [1.54, 1.807) is 0 Å². The molecule has 0 bridgehead atoms.